The van der Waals surface area contributed by atoms with Gasteiger partial charge in [0.2, 0.25) is 5.91 Å². The lowest BCUT2D eigenvalue weighted by Crippen LogP contribution is -2.26. The van der Waals surface area contributed by atoms with Crippen LogP contribution < -0.4 is 5.32 Å². The van der Waals surface area contributed by atoms with Crippen molar-refractivity contribution in [3.05, 3.63) is 0 Å². The number of carboxylic acid groups (broad SMARTS) is 1. The van der Waals surface area contributed by atoms with Crippen molar-refractivity contribution in [1.82, 2.24) is 5.32 Å². The van der Waals surface area contributed by atoms with E-state index in [0.717, 1.165) is 0 Å². The Bertz CT molecular complexity index is 410. The standard InChI is InChI=1S/C10H17NO5S/c1-11-8(12)2-5-17(15,16)7-10(3-4-10)6-9(13)14/h2-7H2,1H3,(H,11,12)(H,13,14). The van der Waals surface area contributed by atoms with Gasteiger partial charge in [-0.05, 0) is 18.3 Å². The molecule has 98 valence electrons. The Balaban J connectivity index is 2.49. The summed E-state index contributed by atoms with van der Waals surface area (Å²) in [6, 6.07) is 0. The van der Waals surface area contributed by atoms with Crippen molar-refractivity contribution in [3.63, 3.8) is 0 Å². The highest BCUT2D eigenvalue weighted by atomic mass is 32.2. The predicted octanol–water partition coefficient (Wildman–Crippen LogP) is -0.208. The van der Waals surface area contributed by atoms with Gasteiger partial charge >= 0.3 is 5.97 Å². The maximum atomic E-state index is 11.7. The number of amides is 1. The van der Waals surface area contributed by atoms with Crippen molar-refractivity contribution in [1.29, 1.82) is 0 Å². The van der Waals surface area contributed by atoms with Gasteiger partial charge < -0.3 is 10.4 Å². The normalized spacial score (nSPS) is 17.5. The van der Waals surface area contributed by atoms with Gasteiger partial charge in [0, 0.05) is 13.5 Å². The molecule has 1 aliphatic carbocycles. The van der Waals surface area contributed by atoms with Crippen molar-refractivity contribution in [2.24, 2.45) is 5.41 Å². The Labute approximate surface area is 100 Å². The molecule has 0 atom stereocenters. The lowest BCUT2D eigenvalue weighted by Gasteiger charge is -2.12. The number of sulfone groups is 1. The second-order valence-corrected chi connectivity index (χ2v) is 6.77. The second kappa shape index (κ2) is 5.03. The number of hydrogen-bond acceptors (Lipinski definition) is 4. The van der Waals surface area contributed by atoms with Crippen molar-refractivity contribution in [2.75, 3.05) is 18.6 Å². The summed E-state index contributed by atoms with van der Waals surface area (Å²) in [5, 5.41) is 11.0. The number of rotatable bonds is 7. The minimum atomic E-state index is -3.35. The number of aliphatic carboxylic acids is 1. The lowest BCUT2D eigenvalue weighted by atomic mass is 10.1. The van der Waals surface area contributed by atoms with Gasteiger partial charge in [0.05, 0.1) is 17.9 Å². The fraction of sp³-hybridized carbons (Fsp3) is 0.800. The Morgan fingerprint density at radius 1 is 1.35 bits per heavy atom. The van der Waals surface area contributed by atoms with E-state index in [2.05, 4.69) is 5.32 Å². The molecule has 0 saturated heterocycles. The first kappa shape index (κ1) is 14.0. The molecule has 0 aromatic carbocycles. The van der Waals surface area contributed by atoms with Crippen LogP contribution in [0.15, 0.2) is 0 Å². The summed E-state index contributed by atoms with van der Waals surface area (Å²) in [6.07, 6.45) is 1.10. The maximum absolute atomic E-state index is 11.7. The van der Waals surface area contributed by atoms with Gasteiger partial charge in [0.15, 0.2) is 9.84 Å². The first-order chi connectivity index (χ1) is 7.79. The third kappa shape index (κ3) is 4.72. The van der Waals surface area contributed by atoms with Crippen LogP contribution in [-0.4, -0.2) is 44.0 Å². The van der Waals surface area contributed by atoms with Gasteiger partial charge in [-0.1, -0.05) is 0 Å². The minimum absolute atomic E-state index is 0.0675. The van der Waals surface area contributed by atoms with Crippen LogP contribution in [0.5, 0.6) is 0 Å². The lowest BCUT2D eigenvalue weighted by molar-refractivity contribution is -0.138. The first-order valence-corrected chi connectivity index (χ1v) is 7.24. The number of carboxylic acids is 1. The topological polar surface area (TPSA) is 101 Å². The van der Waals surface area contributed by atoms with Gasteiger partial charge in [-0.2, -0.15) is 0 Å². The molecule has 0 aromatic heterocycles. The molecule has 6 nitrogen and oxygen atoms in total. The van der Waals surface area contributed by atoms with Gasteiger partial charge in [-0.3, -0.25) is 9.59 Å². The highest BCUT2D eigenvalue weighted by Crippen LogP contribution is 2.49. The van der Waals surface area contributed by atoms with Gasteiger partial charge in [-0.25, -0.2) is 8.42 Å². The molecule has 0 spiro atoms. The molecule has 7 heteroatoms. The minimum Gasteiger partial charge on any atom is -0.481 e. The van der Waals surface area contributed by atoms with E-state index >= 15 is 0 Å². The summed E-state index contributed by atoms with van der Waals surface area (Å²) in [4.78, 5) is 21.5. The molecule has 0 aromatic rings. The van der Waals surface area contributed by atoms with E-state index < -0.39 is 21.2 Å². The quantitative estimate of drug-likeness (QED) is 0.662. The molecular formula is C10H17NO5S. The van der Waals surface area contributed by atoms with Crippen LogP contribution in [0, 0.1) is 5.41 Å². The van der Waals surface area contributed by atoms with Crippen molar-refractivity contribution >= 4 is 21.7 Å². The monoisotopic (exact) mass is 263 g/mol. The fourth-order valence-corrected chi connectivity index (χ4v) is 3.75. The largest absolute Gasteiger partial charge is 0.481 e. The number of hydrogen-bond donors (Lipinski definition) is 2. The summed E-state index contributed by atoms with van der Waals surface area (Å²) in [6.45, 7) is 0. The summed E-state index contributed by atoms with van der Waals surface area (Å²) < 4.78 is 23.4. The third-order valence-electron chi connectivity index (χ3n) is 2.93. The smallest absolute Gasteiger partial charge is 0.303 e. The van der Waals surface area contributed by atoms with Crippen molar-refractivity contribution < 1.29 is 23.1 Å². The molecular weight excluding hydrogens is 246 g/mol. The molecule has 0 heterocycles. The molecule has 0 aliphatic heterocycles. The molecule has 1 fully saturated rings. The Morgan fingerprint density at radius 3 is 2.35 bits per heavy atom. The maximum Gasteiger partial charge on any atom is 0.303 e. The summed E-state index contributed by atoms with van der Waals surface area (Å²) in [5.41, 5.74) is -0.576. The summed E-state index contributed by atoms with van der Waals surface area (Å²) in [5.74, 6) is -1.63. The molecule has 1 rings (SSSR count). The summed E-state index contributed by atoms with van der Waals surface area (Å²) in [7, 11) is -1.91. The van der Waals surface area contributed by atoms with Crippen LogP contribution in [-0.2, 0) is 19.4 Å². The number of carbonyl (C=O) groups is 2. The van der Waals surface area contributed by atoms with E-state index in [9.17, 15) is 18.0 Å². The van der Waals surface area contributed by atoms with E-state index in [1.165, 1.54) is 7.05 Å². The van der Waals surface area contributed by atoms with E-state index in [-0.39, 0.29) is 30.3 Å². The molecule has 0 radical (unpaired) electrons. The van der Waals surface area contributed by atoms with E-state index in [1.54, 1.807) is 0 Å². The fourth-order valence-electron chi connectivity index (χ4n) is 1.78. The molecule has 1 saturated carbocycles. The average Bonchev–Trinajstić information content (AvgIpc) is 2.92. The zero-order valence-corrected chi connectivity index (χ0v) is 10.5. The average molecular weight is 263 g/mol. The second-order valence-electron chi connectivity index (χ2n) is 4.59. The number of nitrogens with one attached hydrogen (secondary N) is 1. The van der Waals surface area contributed by atoms with Gasteiger partial charge in [0.25, 0.3) is 0 Å². The van der Waals surface area contributed by atoms with Crippen LogP contribution in [0.25, 0.3) is 0 Å². The highest BCUT2D eigenvalue weighted by Gasteiger charge is 2.47. The molecule has 17 heavy (non-hydrogen) atoms. The molecule has 0 unspecified atom stereocenters. The van der Waals surface area contributed by atoms with E-state index in [0.29, 0.717) is 12.8 Å². The van der Waals surface area contributed by atoms with Crippen LogP contribution in [0.4, 0.5) is 0 Å². The molecule has 0 bridgehead atoms. The van der Waals surface area contributed by atoms with Crippen molar-refractivity contribution in [3.8, 4) is 0 Å². The summed E-state index contributed by atoms with van der Waals surface area (Å²) >= 11 is 0. The SMILES string of the molecule is CNC(=O)CCS(=O)(=O)CC1(CC(=O)O)CC1. The Kier molecular flexibility index (Phi) is 4.13. The van der Waals surface area contributed by atoms with Crippen molar-refractivity contribution in [2.45, 2.75) is 25.7 Å². The molecule has 1 amide bonds. The Hall–Kier alpha value is -1.11. The van der Waals surface area contributed by atoms with E-state index in [1.807, 2.05) is 0 Å². The Morgan fingerprint density at radius 2 is 1.94 bits per heavy atom. The van der Waals surface area contributed by atoms with Crippen LogP contribution in [0.1, 0.15) is 25.7 Å². The van der Waals surface area contributed by atoms with E-state index in [4.69, 9.17) is 5.11 Å². The van der Waals surface area contributed by atoms with Crippen LogP contribution in [0.2, 0.25) is 0 Å². The zero-order chi connectivity index (χ0) is 13.1. The van der Waals surface area contributed by atoms with Crippen LogP contribution >= 0.6 is 0 Å². The molecule has 2 N–H and O–H groups in total. The van der Waals surface area contributed by atoms with Crippen LogP contribution in [0.3, 0.4) is 0 Å². The third-order valence-corrected chi connectivity index (χ3v) is 4.81. The van der Waals surface area contributed by atoms with Gasteiger partial charge in [0.1, 0.15) is 0 Å². The zero-order valence-electron chi connectivity index (χ0n) is 9.73. The number of carbonyl (C=O) groups excluding carboxylic acids is 1. The predicted molar refractivity (Wildman–Crippen MR) is 61.3 cm³/mol. The van der Waals surface area contributed by atoms with Gasteiger partial charge in [-0.15, -0.1) is 0 Å². The molecule has 1 aliphatic rings. The highest BCUT2D eigenvalue weighted by molar-refractivity contribution is 7.91. The first-order valence-electron chi connectivity index (χ1n) is 5.41.